The van der Waals surface area contributed by atoms with E-state index in [0.29, 0.717) is 6.42 Å². The smallest absolute Gasteiger partial charge is 0.290 e. The van der Waals surface area contributed by atoms with Crippen LogP contribution in [0.15, 0.2) is 71.4 Å². The van der Waals surface area contributed by atoms with Gasteiger partial charge in [0.1, 0.15) is 5.82 Å². The Morgan fingerprint density at radius 2 is 1.93 bits per heavy atom. The molecule has 4 aromatic rings. The lowest BCUT2D eigenvalue weighted by molar-refractivity contribution is 0.0914. The molecule has 0 aliphatic rings. The molecule has 0 fully saturated rings. The largest absolute Gasteiger partial charge is 0.351 e. The Balaban J connectivity index is 1.38. The number of nitrogens with zero attached hydrogens (tertiary/aromatic N) is 2. The second kappa shape index (κ2) is 8.73. The number of rotatable bonds is 7. The molecule has 2 aromatic carbocycles. The van der Waals surface area contributed by atoms with Gasteiger partial charge < -0.3 is 9.84 Å². The molecule has 2 N–H and O–H groups in total. The highest BCUT2D eigenvalue weighted by atomic mass is 19.1. The third kappa shape index (κ3) is 4.46. The molecule has 0 aliphatic heterocycles. The van der Waals surface area contributed by atoms with Crippen molar-refractivity contribution in [2.75, 3.05) is 0 Å². The lowest BCUT2D eigenvalue weighted by Gasteiger charge is -2.08. The Kier molecular flexibility index (Phi) is 5.70. The van der Waals surface area contributed by atoms with Crippen LogP contribution in [-0.2, 0) is 13.0 Å². The summed E-state index contributed by atoms with van der Waals surface area (Å²) < 4.78 is 18.4. The quantitative estimate of drug-likeness (QED) is 0.476. The Labute approximate surface area is 173 Å². The van der Waals surface area contributed by atoms with Gasteiger partial charge in [0.05, 0.1) is 17.6 Å². The second-order valence-corrected chi connectivity index (χ2v) is 7.16. The van der Waals surface area contributed by atoms with E-state index in [9.17, 15) is 9.18 Å². The minimum atomic E-state index is -0.354. The third-order valence-corrected chi connectivity index (χ3v) is 4.96. The maximum absolute atomic E-state index is 13.1. The average Bonchev–Trinajstić information content (AvgIpc) is 3.43. The van der Waals surface area contributed by atoms with Crippen LogP contribution in [-0.4, -0.2) is 21.3 Å². The Morgan fingerprint density at radius 1 is 1.17 bits per heavy atom. The van der Waals surface area contributed by atoms with Crippen LogP contribution in [0.1, 0.15) is 40.2 Å². The van der Waals surface area contributed by atoms with E-state index in [1.54, 1.807) is 24.4 Å². The number of benzene rings is 2. The zero-order chi connectivity index (χ0) is 20.9. The lowest BCUT2D eigenvalue weighted by atomic mass is 9.96. The first-order chi connectivity index (χ1) is 14.6. The van der Waals surface area contributed by atoms with Crippen LogP contribution in [0.3, 0.4) is 0 Å². The Morgan fingerprint density at radius 3 is 2.70 bits per heavy atom. The van der Waals surface area contributed by atoms with Gasteiger partial charge in [-0.25, -0.2) is 4.39 Å². The molecule has 2 heterocycles. The molecule has 0 aliphatic carbocycles. The van der Waals surface area contributed by atoms with E-state index in [-0.39, 0.29) is 29.9 Å². The van der Waals surface area contributed by atoms with Crippen LogP contribution in [0.25, 0.3) is 11.3 Å². The molecule has 0 saturated heterocycles. The van der Waals surface area contributed by atoms with E-state index in [2.05, 4.69) is 39.7 Å². The highest BCUT2D eigenvalue weighted by molar-refractivity contribution is 5.91. The fraction of sp³-hybridized carbons (Fsp3) is 0.174. The first kappa shape index (κ1) is 19.6. The summed E-state index contributed by atoms with van der Waals surface area (Å²) >= 11 is 0. The molecule has 2 aromatic heterocycles. The van der Waals surface area contributed by atoms with Crippen molar-refractivity contribution in [1.82, 2.24) is 20.7 Å². The summed E-state index contributed by atoms with van der Waals surface area (Å²) in [6, 6.07) is 17.9. The maximum Gasteiger partial charge on any atom is 0.290 e. The monoisotopic (exact) mass is 404 g/mol. The standard InChI is InChI=1S/C23H21FN4O2/c1-15(16-5-3-2-4-6-16)11-20-12-21(30-28-20)23(29)25-13-18-14-26-27-22(18)17-7-9-19(24)10-8-17/h2-10,12,14-15H,11,13H2,1H3,(H,25,29)(H,26,27). The maximum atomic E-state index is 13.1. The number of H-pyrrole nitrogens is 1. The van der Waals surface area contributed by atoms with Crippen molar-refractivity contribution in [3.8, 4) is 11.3 Å². The number of halogens is 1. The molecule has 1 amide bonds. The number of aromatic nitrogens is 3. The van der Waals surface area contributed by atoms with E-state index < -0.39 is 0 Å². The zero-order valence-corrected chi connectivity index (χ0v) is 16.4. The van der Waals surface area contributed by atoms with Gasteiger partial charge >= 0.3 is 0 Å². The topological polar surface area (TPSA) is 83.8 Å². The molecule has 1 atom stereocenters. The van der Waals surface area contributed by atoms with Gasteiger partial charge in [0.25, 0.3) is 5.91 Å². The summed E-state index contributed by atoms with van der Waals surface area (Å²) in [6.45, 7) is 2.36. The molecule has 6 nitrogen and oxygen atoms in total. The van der Waals surface area contributed by atoms with E-state index in [0.717, 1.165) is 22.5 Å². The van der Waals surface area contributed by atoms with Crippen molar-refractivity contribution < 1.29 is 13.7 Å². The molecule has 152 valence electrons. The number of carbonyl (C=O) groups is 1. The number of carbonyl (C=O) groups excluding carboxylic acids is 1. The highest BCUT2D eigenvalue weighted by Crippen LogP contribution is 2.22. The minimum Gasteiger partial charge on any atom is -0.351 e. The summed E-state index contributed by atoms with van der Waals surface area (Å²) in [4.78, 5) is 12.5. The van der Waals surface area contributed by atoms with Gasteiger partial charge in [-0.3, -0.25) is 9.89 Å². The predicted molar refractivity (Wildman–Crippen MR) is 110 cm³/mol. The van der Waals surface area contributed by atoms with Gasteiger partial charge in [-0.05, 0) is 42.2 Å². The normalized spacial score (nSPS) is 11.9. The number of nitrogens with one attached hydrogen (secondary N) is 2. The molecule has 0 bridgehead atoms. The Hall–Kier alpha value is -3.74. The molecular formula is C23H21FN4O2. The van der Waals surface area contributed by atoms with E-state index in [1.165, 1.54) is 17.7 Å². The van der Waals surface area contributed by atoms with Crippen LogP contribution < -0.4 is 5.32 Å². The van der Waals surface area contributed by atoms with E-state index in [1.807, 2.05) is 18.2 Å². The van der Waals surface area contributed by atoms with E-state index >= 15 is 0 Å². The highest BCUT2D eigenvalue weighted by Gasteiger charge is 2.16. The molecule has 30 heavy (non-hydrogen) atoms. The number of hydrogen-bond donors (Lipinski definition) is 2. The van der Waals surface area contributed by atoms with Crippen molar-refractivity contribution in [1.29, 1.82) is 0 Å². The summed E-state index contributed by atoms with van der Waals surface area (Å²) in [5, 5.41) is 13.8. The number of hydrogen-bond acceptors (Lipinski definition) is 4. The first-order valence-electron chi connectivity index (χ1n) is 9.67. The molecule has 0 saturated carbocycles. The average molecular weight is 404 g/mol. The summed E-state index contributed by atoms with van der Waals surface area (Å²) in [5.74, 6) is -0.239. The van der Waals surface area contributed by atoms with Crippen LogP contribution in [0.4, 0.5) is 4.39 Å². The summed E-state index contributed by atoms with van der Waals surface area (Å²) in [7, 11) is 0. The summed E-state index contributed by atoms with van der Waals surface area (Å²) in [5.41, 5.74) is 4.24. The van der Waals surface area contributed by atoms with Gasteiger partial charge in [-0.15, -0.1) is 0 Å². The minimum absolute atomic E-state index is 0.164. The second-order valence-electron chi connectivity index (χ2n) is 7.16. The van der Waals surface area contributed by atoms with Crippen molar-refractivity contribution in [2.45, 2.75) is 25.8 Å². The lowest BCUT2D eigenvalue weighted by Crippen LogP contribution is -2.22. The van der Waals surface area contributed by atoms with Crippen LogP contribution in [0, 0.1) is 5.82 Å². The van der Waals surface area contributed by atoms with Crippen LogP contribution >= 0.6 is 0 Å². The van der Waals surface area contributed by atoms with Crippen molar-refractivity contribution >= 4 is 5.91 Å². The third-order valence-electron chi connectivity index (χ3n) is 4.96. The fourth-order valence-electron chi connectivity index (χ4n) is 3.30. The predicted octanol–water partition coefficient (Wildman–Crippen LogP) is 4.48. The number of aromatic amines is 1. The van der Waals surface area contributed by atoms with Crippen molar-refractivity contribution in [3.05, 3.63) is 95.3 Å². The van der Waals surface area contributed by atoms with Crippen LogP contribution in [0.2, 0.25) is 0 Å². The molecular weight excluding hydrogens is 383 g/mol. The molecule has 4 rings (SSSR count). The van der Waals surface area contributed by atoms with Crippen molar-refractivity contribution in [3.63, 3.8) is 0 Å². The summed E-state index contributed by atoms with van der Waals surface area (Å²) in [6.07, 6.45) is 2.31. The molecule has 7 heteroatoms. The van der Waals surface area contributed by atoms with Gasteiger partial charge in [0, 0.05) is 23.7 Å². The van der Waals surface area contributed by atoms with Crippen molar-refractivity contribution in [2.24, 2.45) is 0 Å². The van der Waals surface area contributed by atoms with Gasteiger partial charge in [-0.1, -0.05) is 42.4 Å². The van der Waals surface area contributed by atoms with Gasteiger partial charge in [-0.2, -0.15) is 5.10 Å². The zero-order valence-electron chi connectivity index (χ0n) is 16.4. The fourth-order valence-corrected chi connectivity index (χ4v) is 3.30. The van der Waals surface area contributed by atoms with Gasteiger partial charge in [0.15, 0.2) is 0 Å². The molecule has 0 spiro atoms. The molecule has 0 radical (unpaired) electrons. The molecule has 1 unspecified atom stereocenters. The number of amides is 1. The van der Waals surface area contributed by atoms with E-state index in [4.69, 9.17) is 4.52 Å². The first-order valence-corrected chi connectivity index (χ1v) is 9.67. The SMILES string of the molecule is CC(Cc1cc(C(=O)NCc2cn[nH]c2-c2ccc(F)cc2)on1)c1ccccc1. The van der Waals surface area contributed by atoms with Crippen LogP contribution in [0.5, 0.6) is 0 Å². The van der Waals surface area contributed by atoms with Gasteiger partial charge in [0.2, 0.25) is 5.76 Å². The Bertz CT molecular complexity index is 1120.